The highest BCUT2D eigenvalue weighted by molar-refractivity contribution is 6.35. The predicted octanol–water partition coefficient (Wildman–Crippen LogP) is 5.02. The summed E-state index contributed by atoms with van der Waals surface area (Å²) in [6.45, 7) is 0. The van der Waals surface area contributed by atoms with Gasteiger partial charge in [0.25, 0.3) is 0 Å². The lowest BCUT2D eigenvalue weighted by Gasteiger charge is -2.08. The highest BCUT2D eigenvalue weighted by Crippen LogP contribution is 2.26. The van der Waals surface area contributed by atoms with Crippen LogP contribution in [0.4, 0.5) is 20.2 Å². The highest BCUT2D eigenvalue weighted by Gasteiger charge is 2.05. The lowest BCUT2D eigenvalue weighted by Crippen LogP contribution is -1.94. The second-order valence-electron chi connectivity index (χ2n) is 3.41. The van der Waals surface area contributed by atoms with Crippen molar-refractivity contribution in [1.82, 2.24) is 0 Å². The van der Waals surface area contributed by atoms with Gasteiger partial charge in [0.15, 0.2) is 0 Å². The normalized spacial score (nSPS) is 10.4. The molecule has 2 aromatic carbocycles. The SMILES string of the molecule is Fc1ccc(Nc2cc(Cl)cc(Cl)c2)c(F)c1. The second-order valence-corrected chi connectivity index (χ2v) is 4.28. The molecule has 0 radical (unpaired) electrons. The van der Waals surface area contributed by atoms with Crippen LogP contribution in [0.15, 0.2) is 36.4 Å². The first-order valence-corrected chi connectivity index (χ1v) is 5.48. The van der Waals surface area contributed by atoms with Gasteiger partial charge in [0.1, 0.15) is 11.6 Å². The Hall–Kier alpha value is -1.32. The van der Waals surface area contributed by atoms with Gasteiger partial charge in [0.05, 0.1) is 5.69 Å². The molecule has 0 amide bonds. The van der Waals surface area contributed by atoms with E-state index >= 15 is 0 Å². The Bertz CT molecular complexity index is 538. The monoisotopic (exact) mass is 273 g/mol. The van der Waals surface area contributed by atoms with Gasteiger partial charge in [0.2, 0.25) is 0 Å². The summed E-state index contributed by atoms with van der Waals surface area (Å²) < 4.78 is 26.1. The molecule has 1 N–H and O–H groups in total. The fourth-order valence-electron chi connectivity index (χ4n) is 1.37. The molecule has 0 aliphatic heterocycles. The molecule has 0 aromatic heterocycles. The zero-order valence-electron chi connectivity index (χ0n) is 8.48. The van der Waals surface area contributed by atoms with Crippen molar-refractivity contribution in [3.05, 3.63) is 58.1 Å². The van der Waals surface area contributed by atoms with Crippen LogP contribution >= 0.6 is 23.2 Å². The molecule has 0 saturated heterocycles. The zero-order chi connectivity index (χ0) is 12.4. The third-order valence-corrected chi connectivity index (χ3v) is 2.51. The van der Waals surface area contributed by atoms with Crippen LogP contribution < -0.4 is 5.32 Å². The number of benzene rings is 2. The molecule has 0 heterocycles. The van der Waals surface area contributed by atoms with E-state index in [2.05, 4.69) is 5.32 Å². The van der Waals surface area contributed by atoms with Crippen LogP contribution in [0.1, 0.15) is 0 Å². The van der Waals surface area contributed by atoms with Gasteiger partial charge in [-0.25, -0.2) is 8.78 Å². The molecule has 17 heavy (non-hydrogen) atoms. The predicted molar refractivity (Wildman–Crippen MR) is 66.1 cm³/mol. The fourth-order valence-corrected chi connectivity index (χ4v) is 1.90. The van der Waals surface area contributed by atoms with Gasteiger partial charge < -0.3 is 5.32 Å². The second kappa shape index (κ2) is 4.90. The number of hydrogen-bond donors (Lipinski definition) is 1. The van der Waals surface area contributed by atoms with Gasteiger partial charge >= 0.3 is 0 Å². The molecule has 0 atom stereocenters. The summed E-state index contributed by atoms with van der Waals surface area (Å²) in [5.41, 5.74) is 0.692. The van der Waals surface area contributed by atoms with Crippen LogP contribution in [0, 0.1) is 11.6 Å². The van der Waals surface area contributed by atoms with E-state index in [4.69, 9.17) is 23.2 Å². The molecule has 5 heteroatoms. The summed E-state index contributed by atoms with van der Waals surface area (Å²) in [6, 6.07) is 8.02. The summed E-state index contributed by atoms with van der Waals surface area (Å²) in [6.07, 6.45) is 0. The Morgan fingerprint density at radius 2 is 1.53 bits per heavy atom. The maximum atomic E-state index is 13.4. The van der Waals surface area contributed by atoms with Crippen molar-refractivity contribution in [2.75, 3.05) is 5.32 Å². The molecule has 88 valence electrons. The minimum absolute atomic E-state index is 0.157. The maximum absolute atomic E-state index is 13.4. The van der Waals surface area contributed by atoms with Gasteiger partial charge in [-0.1, -0.05) is 23.2 Å². The molecular weight excluding hydrogens is 267 g/mol. The van der Waals surface area contributed by atoms with Crippen molar-refractivity contribution >= 4 is 34.6 Å². The average molecular weight is 274 g/mol. The molecule has 0 fully saturated rings. The fraction of sp³-hybridized carbons (Fsp3) is 0. The van der Waals surface area contributed by atoms with Crippen molar-refractivity contribution < 1.29 is 8.78 Å². The summed E-state index contributed by atoms with van der Waals surface area (Å²) in [5.74, 6) is -1.31. The van der Waals surface area contributed by atoms with Crippen molar-refractivity contribution in [1.29, 1.82) is 0 Å². The molecule has 0 bridgehead atoms. The van der Waals surface area contributed by atoms with Gasteiger partial charge in [0, 0.05) is 21.8 Å². The third-order valence-electron chi connectivity index (χ3n) is 2.07. The summed E-state index contributed by atoms with van der Waals surface area (Å²) >= 11 is 11.6. The first kappa shape index (κ1) is 12.1. The van der Waals surface area contributed by atoms with Crippen molar-refractivity contribution in [2.24, 2.45) is 0 Å². The third kappa shape index (κ3) is 3.08. The topological polar surface area (TPSA) is 12.0 Å². The van der Waals surface area contributed by atoms with E-state index in [1.54, 1.807) is 18.2 Å². The number of hydrogen-bond acceptors (Lipinski definition) is 1. The van der Waals surface area contributed by atoms with Crippen LogP contribution in [0.2, 0.25) is 10.0 Å². The number of anilines is 2. The minimum atomic E-state index is -0.680. The molecule has 0 unspecified atom stereocenters. The van der Waals surface area contributed by atoms with E-state index < -0.39 is 11.6 Å². The largest absolute Gasteiger partial charge is 0.353 e. The standard InChI is InChI=1S/C12H7Cl2F2N/c13-7-3-8(14)5-10(4-7)17-12-2-1-9(15)6-11(12)16/h1-6,17H. The smallest absolute Gasteiger partial charge is 0.149 e. The van der Waals surface area contributed by atoms with E-state index in [0.717, 1.165) is 12.1 Å². The molecule has 0 aliphatic carbocycles. The maximum Gasteiger partial charge on any atom is 0.149 e. The van der Waals surface area contributed by atoms with Gasteiger partial charge in [-0.15, -0.1) is 0 Å². The van der Waals surface area contributed by atoms with E-state index in [0.29, 0.717) is 15.7 Å². The first-order valence-electron chi connectivity index (χ1n) is 4.73. The van der Waals surface area contributed by atoms with E-state index in [-0.39, 0.29) is 5.69 Å². The van der Waals surface area contributed by atoms with Gasteiger partial charge in [-0.2, -0.15) is 0 Å². The van der Waals surface area contributed by atoms with E-state index in [9.17, 15) is 8.78 Å². The van der Waals surface area contributed by atoms with Crippen LogP contribution in [0.3, 0.4) is 0 Å². The van der Waals surface area contributed by atoms with Crippen LogP contribution in [0.5, 0.6) is 0 Å². The van der Waals surface area contributed by atoms with Crippen LogP contribution in [-0.2, 0) is 0 Å². The van der Waals surface area contributed by atoms with Gasteiger partial charge in [-0.3, -0.25) is 0 Å². The summed E-state index contributed by atoms with van der Waals surface area (Å²) in [4.78, 5) is 0. The zero-order valence-corrected chi connectivity index (χ0v) is 9.99. The van der Waals surface area contributed by atoms with Crippen molar-refractivity contribution in [2.45, 2.75) is 0 Å². The molecule has 0 saturated carbocycles. The minimum Gasteiger partial charge on any atom is -0.353 e. The number of halogens is 4. The molecule has 1 nitrogen and oxygen atoms in total. The lowest BCUT2D eigenvalue weighted by molar-refractivity contribution is 0.586. The Morgan fingerprint density at radius 3 is 2.12 bits per heavy atom. The molecule has 0 spiro atoms. The number of nitrogens with one attached hydrogen (secondary N) is 1. The van der Waals surface area contributed by atoms with E-state index in [1.165, 1.54) is 6.07 Å². The Kier molecular flexibility index (Phi) is 3.50. The summed E-state index contributed by atoms with van der Waals surface area (Å²) in [5, 5.41) is 3.64. The quantitative estimate of drug-likeness (QED) is 0.811. The Labute approximate surface area is 107 Å². The van der Waals surface area contributed by atoms with Crippen molar-refractivity contribution in [3.8, 4) is 0 Å². The molecular formula is C12H7Cl2F2N. The lowest BCUT2D eigenvalue weighted by atomic mass is 10.2. The molecule has 2 rings (SSSR count). The molecule has 2 aromatic rings. The van der Waals surface area contributed by atoms with Gasteiger partial charge in [-0.05, 0) is 30.3 Å². The average Bonchev–Trinajstić information content (AvgIpc) is 2.21. The molecule has 0 aliphatic rings. The highest BCUT2D eigenvalue weighted by atomic mass is 35.5. The van der Waals surface area contributed by atoms with Crippen LogP contribution in [-0.4, -0.2) is 0 Å². The van der Waals surface area contributed by atoms with Crippen molar-refractivity contribution in [3.63, 3.8) is 0 Å². The summed E-state index contributed by atoms with van der Waals surface area (Å²) in [7, 11) is 0. The van der Waals surface area contributed by atoms with E-state index in [1.807, 2.05) is 0 Å². The first-order chi connectivity index (χ1) is 8.04. The Balaban J connectivity index is 2.31. The number of rotatable bonds is 2. The Morgan fingerprint density at radius 1 is 0.882 bits per heavy atom. The van der Waals surface area contributed by atoms with Crippen LogP contribution in [0.25, 0.3) is 0 Å².